The number of hydrogen-bond donors (Lipinski definition) is 1. The monoisotopic (exact) mass is 270 g/mol. The summed E-state index contributed by atoms with van der Waals surface area (Å²) in [5.74, 6) is 0.147. The molecule has 1 aromatic heterocycles. The maximum atomic E-state index is 11.3. The van der Waals surface area contributed by atoms with E-state index in [1.807, 2.05) is 0 Å². The normalized spacial score (nSPS) is 16.2. The van der Waals surface area contributed by atoms with Crippen LogP contribution in [0.1, 0.15) is 42.8 Å². The molecule has 2 rings (SSSR count). The van der Waals surface area contributed by atoms with Gasteiger partial charge in [-0.2, -0.15) is 0 Å². The summed E-state index contributed by atoms with van der Waals surface area (Å²) in [5, 5.41) is 0. The molecule has 18 heavy (non-hydrogen) atoms. The molecule has 102 valence electrons. The van der Waals surface area contributed by atoms with Crippen LogP contribution in [-0.2, 0) is 16.4 Å². The van der Waals surface area contributed by atoms with Crippen molar-refractivity contribution in [3.8, 4) is 0 Å². The number of sulfonamides is 1. The van der Waals surface area contributed by atoms with Crippen molar-refractivity contribution in [3.63, 3.8) is 0 Å². The number of nitrogens with zero attached hydrogens (tertiary/aromatic N) is 1. The van der Waals surface area contributed by atoms with Gasteiger partial charge < -0.3 is 4.57 Å². The molecule has 0 spiro atoms. The van der Waals surface area contributed by atoms with Gasteiger partial charge in [0.15, 0.2) is 0 Å². The van der Waals surface area contributed by atoms with E-state index in [9.17, 15) is 8.42 Å². The molecule has 1 aliphatic carbocycles. The molecule has 0 amide bonds. The summed E-state index contributed by atoms with van der Waals surface area (Å²) in [5.41, 5.74) is 3.85. The van der Waals surface area contributed by atoms with Crippen LogP contribution in [0.4, 0.5) is 0 Å². The van der Waals surface area contributed by atoms with Crippen LogP contribution >= 0.6 is 0 Å². The summed E-state index contributed by atoms with van der Waals surface area (Å²) in [6, 6.07) is 2.87. The minimum absolute atomic E-state index is 0.147. The van der Waals surface area contributed by atoms with Gasteiger partial charge in [-0.3, -0.25) is 0 Å². The van der Waals surface area contributed by atoms with E-state index in [4.69, 9.17) is 0 Å². The number of aryl methyl sites for hydroxylation is 1. The quantitative estimate of drug-likeness (QED) is 0.858. The second kappa shape index (κ2) is 5.05. The summed E-state index contributed by atoms with van der Waals surface area (Å²) in [4.78, 5) is 0. The van der Waals surface area contributed by atoms with Crippen LogP contribution in [0.2, 0.25) is 0 Å². The second-order valence-electron chi connectivity index (χ2n) is 5.05. The maximum absolute atomic E-state index is 11.3. The minimum Gasteiger partial charge on any atom is -0.346 e. The number of aromatic nitrogens is 1. The summed E-state index contributed by atoms with van der Waals surface area (Å²) < 4.78 is 27.7. The van der Waals surface area contributed by atoms with E-state index in [-0.39, 0.29) is 5.75 Å². The number of rotatable bonds is 6. The molecular formula is C13H22N2O2S. The Morgan fingerprint density at radius 3 is 2.61 bits per heavy atom. The average molecular weight is 270 g/mol. The summed E-state index contributed by atoms with van der Waals surface area (Å²) in [7, 11) is -3.07. The van der Waals surface area contributed by atoms with Gasteiger partial charge in [-0.15, -0.1) is 0 Å². The van der Waals surface area contributed by atoms with Crippen LogP contribution in [-0.4, -0.2) is 25.3 Å². The largest absolute Gasteiger partial charge is 0.346 e. The number of hydrogen-bond acceptors (Lipinski definition) is 2. The first kappa shape index (κ1) is 13.6. The molecule has 4 nitrogen and oxygen atoms in total. The molecule has 1 aromatic rings. The Bertz CT molecular complexity index is 527. The average Bonchev–Trinajstić information content (AvgIpc) is 3.08. The molecule has 0 unspecified atom stereocenters. The third-order valence-electron chi connectivity index (χ3n) is 3.60. The van der Waals surface area contributed by atoms with Crippen molar-refractivity contribution in [2.75, 3.05) is 12.3 Å². The van der Waals surface area contributed by atoms with Gasteiger partial charge in [0.05, 0.1) is 5.75 Å². The predicted octanol–water partition coefficient (Wildman–Crippen LogP) is 1.92. The minimum atomic E-state index is -3.07. The van der Waals surface area contributed by atoms with Crippen LogP contribution in [0.5, 0.6) is 0 Å². The first-order chi connectivity index (χ1) is 8.44. The standard InChI is InChI=1S/C13H22N2O2S/c1-4-18(16,17)14-8-7-12-9-10(2)15(11(12)3)13-5-6-13/h9,13-14H,4-8H2,1-3H3. The molecule has 1 saturated carbocycles. The molecule has 1 N–H and O–H groups in total. The smallest absolute Gasteiger partial charge is 0.211 e. The highest BCUT2D eigenvalue weighted by Crippen LogP contribution is 2.38. The lowest BCUT2D eigenvalue weighted by atomic mass is 10.2. The third-order valence-corrected chi connectivity index (χ3v) is 5.00. The van der Waals surface area contributed by atoms with Crippen LogP contribution < -0.4 is 4.72 Å². The van der Waals surface area contributed by atoms with Crippen molar-refractivity contribution in [2.45, 2.75) is 46.1 Å². The van der Waals surface area contributed by atoms with Crippen LogP contribution in [0, 0.1) is 13.8 Å². The second-order valence-corrected chi connectivity index (χ2v) is 7.14. The van der Waals surface area contributed by atoms with Crippen LogP contribution in [0.25, 0.3) is 0 Å². The van der Waals surface area contributed by atoms with Gasteiger partial charge in [0.1, 0.15) is 0 Å². The Morgan fingerprint density at radius 2 is 2.06 bits per heavy atom. The maximum Gasteiger partial charge on any atom is 0.211 e. The van der Waals surface area contributed by atoms with E-state index in [0.717, 1.165) is 6.42 Å². The van der Waals surface area contributed by atoms with Gasteiger partial charge in [0.2, 0.25) is 10.0 Å². The molecule has 1 fully saturated rings. The fourth-order valence-corrected chi connectivity index (χ4v) is 3.05. The van der Waals surface area contributed by atoms with E-state index in [1.165, 1.54) is 29.8 Å². The molecule has 1 aliphatic rings. The Hall–Kier alpha value is -0.810. The molecule has 0 aliphatic heterocycles. The van der Waals surface area contributed by atoms with E-state index in [2.05, 4.69) is 29.2 Å². The lowest BCUT2D eigenvalue weighted by molar-refractivity contribution is 0.582. The third kappa shape index (κ3) is 2.95. The highest BCUT2D eigenvalue weighted by Gasteiger charge is 2.26. The van der Waals surface area contributed by atoms with Gasteiger partial charge in [-0.1, -0.05) is 0 Å². The lowest BCUT2D eigenvalue weighted by Gasteiger charge is -2.08. The Balaban J connectivity index is 2.00. The summed E-state index contributed by atoms with van der Waals surface area (Å²) >= 11 is 0. The zero-order valence-corrected chi connectivity index (χ0v) is 12.2. The Kier molecular flexibility index (Phi) is 3.82. The van der Waals surface area contributed by atoms with Gasteiger partial charge in [0.25, 0.3) is 0 Å². The molecular weight excluding hydrogens is 248 g/mol. The van der Waals surface area contributed by atoms with Crippen LogP contribution in [0.3, 0.4) is 0 Å². The van der Waals surface area contributed by atoms with Crippen molar-refractivity contribution < 1.29 is 8.42 Å². The first-order valence-corrected chi connectivity index (χ1v) is 8.24. The van der Waals surface area contributed by atoms with Crippen molar-refractivity contribution in [1.29, 1.82) is 0 Å². The van der Waals surface area contributed by atoms with Gasteiger partial charge >= 0.3 is 0 Å². The SMILES string of the molecule is CCS(=O)(=O)NCCc1cc(C)n(C2CC2)c1C. The van der Waals surface area contributed by atoms with Gasteiger partial charge in [0, 0.05) is 24.0 Å². The van der Waals surface area contributed by atoms with Crippen molar-refractivity contribution >= 4 is 10.0 Å². The highest BCUT2D eigenvalue weighted by molar-refractivity contribution is 7.89. The zero-order valence-electron chi connectivity index (χ0n) is 11.4. The van der Waals surface area contributed by atoms with E-state index < -0.39 is 10.0 Å². The molecule has 0 bridgehead atoms. The number of nitrogens with one attached hydrogen (secondary N) is 1. The lowest BCUT2D eigenvalue weighted by Crippen LogP contribution is -2.27. The van der Waals surface area contributed by atoms with Gasteiger partial charge in [-0.25, -0.2) is 13.1 Å². The fourth-order valence-electron chi connectivity index (χ4n) is 2.44. The molecule has 0 aromatic carbocycles. The van der Waals surface area contributed by atoms with E-state index in [1.54, 1.807) is 6.92 Å². The Morgan fingerprint density at radius 1 is 1.39 bits per heavy atom. The molecule has 0 saturated heterocycles. The topological polar surface area (TPSA) is 51.1 Å². The van der Waals surface area contributed by atoms with Crippen LogP contribution in [0.15, 0.2) is 6.07 Å². The predicted molar refractivity (Wildman–Crippen MR) is 73.3 cm³/mol. The highest BCUT2D eigenvalue weighted by atomic mass is 32.2. The first-order valence-electron chi connectivity index (χ1n) is 6.59. The zero-order chi connectivity index (χ0) is 13.3. The molecule has 0 radical (unpaired) electrons. The van der Waals surface area contributed by atoms with Crippen molar-refractivity contribution in [2.24, 2.45) is 0 Å². The Labute approximate surface area is 109 Å². The van der Waals surface area contributed by atoms with Crippen molar-refractivity contribution in [1.82, 2.24) is 9.29 Å². The molecule has 1 heterocycles. The fraction of sp³-hybridized carbons (Fsp3) is 0.692. The van der Waals surface area contributed by atoms with Gasteiger partial charge in [-0.05, 0) is 51.7 Å². The summed E-state index contributed by atoms with van der Waals surface area (Å²) in [6.45, 7) is 6.41. The molecule has 0 atom stereocenters. The molecule has 5 heteroatoms. The van der Waals surface area contributed by atoms with E-state index in [0.29, 0.717) is 12.6 Å². The van der Waals surface area contributed by atoms with Crippen molar-refractivity contribution in [3.05, 3.63) is 23.0 Å². The van der Waals surface area contributed by atoms with E-state index >= 15 is 0 Å². The summed E-state index contributed by atoms with van der Waals surface area (Å²) in [6.07, 6.45) is 3.32.